The average Bonchev–Trinajstić information content (AvgIpc) is 2.40. The summed E-state index contributed by atoms with van der Waals surface area (Å²) in [5, 5.41) is 0.820. The zero-order chi connectivity index (χ0) is 11.0. The third kappa shape index (κ3) is 1.84. The summed E-state index contributed by atoms with van der Waals surface area (Å²) in [4.78, 5) is 11.1. The molecule has 0 aromatic carbocycles. The minimum atomic E-state index is -0.223. The first kappa shape index (κ1) is 10.5. The second kappa shape index (κ2) is 4.33. The van der Waals surface area contributed by atoms with Crippen molar-refractivity contribution in [1.82, 2.24) is 9.97 Å². The Morgan fingerprint density at radius 3 is 2.88 bits per heavy atom. The quantitative estimate of drug-likeness (QED) is 0.614. The van der Waals surface area contributed by atoms with Crippen LogP contribution in [0.1, 0.15) is 12.1 Å². The van der Waals surface area contributed by atoms with E-state index in [-0.39, 0.29) is 21.2 Å². The van der Waals surface area contributed by atoms with E-state index in [4.69, 9.17) is 11.6 Å². The van der Waals surface area contributed by atoms with Crippen LogP contribution in [-0.4, -0.2) is 23.1 Å². The molecule has 0 unspecified atom stereocenters. The van der Waals surface area contributed by atoms with Crippen LogP contribution in [0.2, 0.25) is 0 Å². The van der Waals surface area contributed by atoms with Gasteiger partial charge in [-0.2, -0.15) is 0 Å². The molecule has 0 radical (unpaired) electrons. The van der Waals surface area contributed by atoms with Crippen molar-refractivity contribution in [1.29, 1.82) is 0 Å². The summed E-state index contributed by atoms with van der Waals surface area (Å²) in [6.07, 6.45) is 6.83. The molecule has 0 saturated carbocycles. The van der Waals surface area contributed by atoms with E-state index in [9.17, 15) is 0 Å². The molecular weight excluding hydrogens is 336 g/mol. The number of hydrogen-bond donors (Lipinski definition) is 0. The molecule has 2 aliphatic rings. The Morgan fingerprint density at radius 1 is 1.25 bits per heavy atom. The zero-order valence-corrected chi connectivity index (χ0v) is 11.4. The number of anilines is 1. The van der Waals surface area contributed by atoms with Gasteiger partial charge in [-0.3, -0.25) is 0 Å². The second-order valence-electron chi connectivity index (χ2n) is 3.67. The van der Waals surface area contributed by atoms with Crippen LogP contribution < -0.4 is 26.1 Å². The van der Waals surface area contributed by atoms with Gasteiger partial charge >= 0.3 is 110 Å². The number of allylic oxidation sites excluding steroid dienone is 2. The zero-order valence-electron chi connectivity index (χ0n) is 8.53. The van der Waals surface area contributed by atoms with E-state index in [1.54, 1.807) is 6.33 Å². The van der Waals surface area contributed by atoms with Crippen LogP contribution in [-0.2, 0) is 0 Å². The van der Waals surface area contributed by atoms with Gasteiger partial charge in [0.05, 0.1) is 0 Å². The van der Waals surface area contributed by atoms with Crippen LogP contribution >= 0.6 is 11.6 Å². The van der Waals surface area contributed by atoms with Crippen LogP contribution in [0.25, 0.3) is 6.08 Å². The van der Waals surface area contributed by atoms with Gasteiger partial charge in [-0.15, -0.1) is 0 Å². The summed E-state index contributed by atoms with van der Waals surface area (Å²) >= 11 is 5.81. The van der Waals surface area contributed by atoms with E-state index in [0.29, 0.717) is 0 Å². The van der Waals surface area contributed by atoms with Crippen molar-refractivity contribution in [2.75, 3.05) is 18.0 Å². The van der Waals surface area contributed by atoms with Gasteiger partial charge in [0.25, 0.3) is 0 Å². The average molecular weight is 347 g/mol. The number of hydrogen-bond acceptors (Lipinski definition) is 3. The van der Waals surface area contributed by atoms with Gasteiger partial charge in [0.2, 0.25) is 0 Å². The van der Waals surface area contributed by atoms with Crippen LogP contribution in [0.4, 0.5) is 5.82 Å². The van der Waals surface area contributed by atoms with Crippen molar-refractivity contribution in [3.63, 3.8) is 0 Å². The molecule has 1 aromatic rings. The molecule has 0 amide bonds. The van der Waals surface area contributed by atoms with Crippen molar-refractivity contribution in [3.8, 4) is 0 Å². The van der Waals surface area contributed by atoms with Gasteiger partial charge in [0.15, 0.2) is 0 Å². The van der Waals surface area contributed by atoms with E-state index < -0.39 is 0 Å². The number of halogens is 2. The first-order valence-corrected chi connectivity index (χ1v) is 7.82. The summed E-state index contributed by atoms with van der Waals surface area (Å²) in [6, 6.07) is 0. The molecule has 1 saturated heterocycles. The van der Waals surface area contributed by atoms with E-state index in [0.717, 1.165) is 29.6 Å². The summed E-state index contributed by atoms with van der Waals surface area (Å²) < 4.78 is 3.42. The molecule has 0 aliphatic carbocycles. The Morgan fingerprint density at radius 2 is 2.12 bits per heavy atom. The summed E-state index contributed by atoms with van der Waals surface area (Å²) in [7, 11) is 0. The standard InChI is InChI=1S/C11H10ClIN3/c12-8-2-3-9-10(13-6-8)11(15-7-14-9)16-4-1-5-16/h2-3,6-7H,1,4-5H2/q-1. The van der Waals surface area contributed by atoms with Gasteiger partial charge in [0.1, 0.15) is 0 Å². The van der Waals surface area contributed by atoms with Gasteiger partial charge in [-0.05, 0) is 0 Å². The molecule has 0 N–H and O–H groups in total. The Hall–Kier alpha value is -0.620. The van der Waals surface area contributed by atoms with E-state index >= 15 is 0 Å². The SMILES string of the molecule is ClC1=C[I-]c2c(ncnc2N2CCC2)C=C1. The fraction of sp³-hybridized carbons (Fsp3) is 0.273. The normalized spacial score (nSPS) is 19.1. The van der Waals surface area contributed by atoms with Crippen LogP contribution in [0.3, 0.4) is 0 Å². The van der Waals surface area contributed by atoms with Gasteiger partial charge in [-0.1, -0.05) is 0 Å². The number of aromatic nitrogens is 2. The molecule has 3 rings (SSSR count). The van der Waals surface area contributed by atoms with Gasteiger partial charge in [0, 0.05) is 0 Å². The molecule has 1 aromatic heterocycles. The van der Waals surface area contributed by atoms with Crippen molar-refractivity contribution in [2.24, 2.45) is 0 Å². The van der Waals surface area contributed by atoms with Crippen molar-refractivity contribution < 1.29 is 21.2 Å². The maximum absolute atomic E-state index is 6.03. The van der Waals surface area contributed by atoms with E-state index in [1.165, 1.54) is 9.99 Å². The van der Waals surface area contributed by atoms with E-state index in [2.05, 4.69) is 19.0 Å². The monoisotopic (exact) mass is 346 g/mol. The molecule has 5 heteroatoms. The molecule has 16 heavy (non-hydrogen) atoms. The van der Waals surface area contributed by atoms with Crippen LogP contribution in [0.15, 0.2) is 21.5 Å². The first-order chi connectivity index (χ1) is 7.84. The summed E-state index contributed by atoms with van der Waals surface area (Å²) in [6.45, 7) is 2.24. The predicted molar refractivity (Wildman–Crippen MR) is 60.5 cm³/mol. The fourth-order valence-corrected chi connectivity index (χ4v) is 4.20. The molecule has 84 valence electrons. The molecule has 3 heterocycles. The third-order valence-corrected chi connectivity index (χ3v) is 5.87. The van der Waals surface area contributed by atoms with Crippen molar-refractivity contribution in [3.05, 3.63) is 30.8 Å². The van der Waals surface area contributed by atoms with Gasteiger partial charge < -0.3 is 0 Å². The Labute approximate surface area is 109 Å². The Kier molecular flexibility index (Phi) is 2.85. The molecule has 3 nitrogen and oxygen atoms in total. The Bertz CT molecular complexity index is 480. The van der Waals surface area contributed by atoms with Crippen molar-refractivity contribution in [2.45, 2.75) is 6.42 Å². The molecule has 0 bridgehead atoms. The molecular formula is C11H10ClIN3-. The molecule has 0 atom stereocenters. The first-order valence-electron chi connectivity index (χ1n) is 5.12. The number of rotatable bonds is 1. The number of fused-ring (bicyclic) bond motifs is 1. The minimum absolute atomic E-state index is 0.223. The van der Waals surface area contributed by atoms with E-state index in [1.807, 2.05) is 12.2 Å². The predicted octanol–water partition coefficient (Wildman–Crippen LogP) is -0.948. The van der Waals surface area contributed by atoms with Crippen molar-refractivity contribution >= 4 is 23.5 Å². The maximum atomic E-state index is 6.03. The summed E-state index contributed by atoms with van der Waals surface area (Å²) in [5.41, 5.74) is 1.04. The van der Waals surface area contributed by atoms with Crippen LogP contribution in [0.5, 0.6) is 0 Å². The Balaban J connectivity index is 2.06. The number of nitrogens with zero attached hydrogens (tertiary/aromatic N) is 3. The molecule has 1 fully saturated rings. The third-order valence-electron chi connectivity index (χ3n) is 2.62. The van der Waals surface area contributed by atoms with Crippen LogP contribution in [0, 0.1) is 3.57 Å². The second-order valence-corrected chi connectivity index (χ2v) is 6.43. The topological polar surface area (TPSA) is 29.0 Å². The fourth-order valence-electron chi connectivity index (χ4n) is 1.64. The summed E-state index contributed by atoms with van der Waals surface area (Å²) in [5.74, 6) is 1.12. The van der Waals surface area contributed by atoms with Gasteiger partial charge in [-0.25, -0.2) is 0 Å². The molecule has 2 aliphatic heterocycles. The molecule has 0 spiro atoms.